The Kier molecular flexibility index (Phi) is 7.77. The number of hydrogen-bond acceptors (Lipinski definition) is 2. The second-order valence-corrected chi connectivity index (χ2v) is 8.71. The number of alkyl halides is 12. The minimum Gasteiger partial charge on any atom is -0.392 e. The van der Waals surface area contributed by atoms with E-state index >= 15 is 0 Å². The highest BCUT2D eigenvalue weighted by atomic mass is 28.4. The van der Waals surface area contributed by atoms with Crippen LogP contribution in [0.1, 0.15) is 13.8 Å². The quantitative estimate of drug-likeness (QED) is 0.344. The van der Waals surface area contributed by atoms with Crippen LogP contribution in [0.2, 0.25) is 6.55 Å². The monoisotopic (exact) mass is 460 g/mol. The summed E-state index contributed by atoms with van der Waals surface area (Å²) < 4.78 is 167. The molecule has 0 N–H and O–H groups in total. The molecule has 0 aliphatic rings. The average molecular weight is 460 g/mol. The Hall–Kier alpha value is -0.963. The van der Waals surface area contributed by atoms with Gasteiger partial charge < -0.3 is 8.85 Å². The minimum atomic E-state index is -7.26. The van der Waals surface area contributed by atoms with Crippen LogP contribution in [-0.4, -0.2) is 57.3 Å². The van der Waals surface area contributed by atoms with Crippen molar-refractivity contribution in [2.75, 3.05) is 6.61 Å². The Morgan fingerprint density at radius 2 is 1.29 bits per heavy atom. The predicted molar refractivity (Wildman–Crippen MR) is 74.7 cm³/mol. The summed E-state index contributed by atoms with van der Waals surface area (Å²) in [5.41, 5.74) is -12.5. The molecule has 0 spiro atoms. The van der Waals surface area contributed by atoms with Gasteiger partial charge in [0, 0.05) is 6.61 Å². The molecular formula is C13H16F12O2Si. The third-order valence-electron chi connectivity index (χ3n) is 3.78. The fourth-order valence-electron chi connectivity index (χ4n) is 2.18. The maximum atomic E-state index is 14.6. The van der Waals surface area contributed by atoms with Crippen LogP contribution in [-0.2, 0) is 8.85 Å². The fourth-order valence-corrected chi connectivity index (χ4v) is 3.91. The molecule has 0 radical (unpaired) electrons. The lowest BCUT2D eigenvalue weighted by Gasteiger charge is -2.43. The first kappa shape index (κ1) is 27.0. The molecule has 0 aromatic heterocycles. The second-order valence-electron chi connectivity index (χ2n) is 5.75. The third-order valence-corrected chi connectivity index (χ3v) is 6.21. The molecule has 0 saturated heterocycles. The van der Waals surface area contributed by atoms with E-state index in [1.807, 2.05) is 0 Å². The summed E-state index contributed by atoms with van der Waals surface area (Å²) in [5, 5.41) is 0. The summed E-state index contributed by atoms with van der Waals surface area (Å²) in [7, 11) is -4.00. The zero-order chi connectivity index (χ0) is 23.0. The van der Waals surface area contributed by atoms with Gasteiger partial charge >= 0.3 is 32.8 Å². The molecule has 0 aliphatic heterocycles. The molecule has 0 bridgehead atoms. The lowest BCUT2D eigenvalue weighted by Crippen LogP contribution is -2.71. The molecule has 0 aromatic rings. The van der Waals surface area contributed by atoms with Gasteiger partial charge in [0.25, 0.3) is 5.67 Å². The Bertz CT molecular complexity index is 531. The van der Waals surface area contributed by atoms with E-state index in [9.17, 15) is 52.7 Å². The zero-order valence-electron chi connectivity index (χ0n) is 14.5. The highest BCUT2D eigenvalue weighted by molar-refractivity contribution is 6.71. The topological polar surface area (TPSA) is 18.5 Å². The summed E-state index contributed by atoms with van der Waals surface area (Å²) in [5.74, 6) is 0. The van der Waals surface area contributed by atoms with E-state index in [0.29, 0.717) is 0 Å². The van der Waals surface area contributed by atoms with Crippen molar-refractivity contribution >= 4 is 8.56 Å². The highest BCUT2D eigenvalue weighted by Crippen LogP contribution is 2.56. The standard InChI is InChI=1S/C13H16F12O2Si/c1-5-26-28(4,6-2)27-7(3)9(15,11(17,18)19)8(14)10(16,12(20,21)22)13(23,24)25/h6-8H,2,5H2,1,3-4H3. The molecule has 168 valence electrons. The Morgan fingerprint density at radius 1 is 0.893 bits per heavy atom. The fraction of sp³-hybridized carbons (Fsp3) is 0.846. The highest BCUT2D eigenvalue weighted by Gasteiger charge is 2.85. The molecule has 0 rings (SSSR count). The van der Waals surface area contributed by atoms with Gasteiger partial charge in [-0.15, -0.1) is 6.58 Å². The minimum absolute atomic E-state index is 0.0149. The largest absolute Gasteiger partial charge is 0.434 e. The van der Waals surface area contributed by atoms with E-state index in [0.717, 1.165) is 12.2 Å². The molecule has 0 saturated carbocycles. The Morgan fingerprint density at radius 3 is 1.54 bits per heavy atom. The zero-order valence-corrected chi connectivity index (χ0v) is 15.5. The number of hydrogen-bond donors (Lipinski definition) is 0. The van der Waals surface area contributed by atoms with E-state index in [2.05, 4.69) is 11.0 Å². The van der Waals surface area contributed by atoms with Crippen molar-refractivity contribution in [3.8, 4) is 0 Å². The van der Waals surface area contributed by atoms with E-state index in [1.165, 1.54) is 6.92 Å². The molecular weight excluding hydrogens is 444 g/mol. The van der Waals surface area contributed by atoms with Crippen molar-refractivity contribution < 1.29 is 61.5 Å². The first-order valence-corrected chi connectivity index (χ1v) is 9.72. The van der Waals surface area contributed by atoms with Gasteiger partial charge in [-0.25, -0.2) is 13.2 Å². The van der Waals surface area contributed by atoms with E-state index in [-0.39, 0.29) is 13.5 Å². The Balaban J connectivity index is 6.54. The van der Waals surface area contributed by atoms with Gasteiger partial charge in [-0.3, -0.25) is 0 Å². The first-order valence-electron chi connectivity index (χ1n) is 7.33. The van der Waals surface area contributed by atoms with Crippen molar-refractivity contribution in [2.24, 2.45) is 0 Å². The molecule has 28 heavy (non-hydrogen) atoms. The maximum Gasteiger partial charge on any atom is 0.434 e. The molecule has 4 unspecified atom stereocenters. The molecule has 0 fully saturated rings. The molecule has 15 heteroatoms. The second kappa shape index (κ2) is 8.05. The molecule has 0 heterocycles. The average Bonchev–Trinajstić information content (AvgIpc) is 2.49. The van der Waals surface area contributed by atoms with Crippen molar-refractivity contribution in [3.63, 3.8) is 0 Å². The van der Waals surface area contributed by atoms with Crippen LogP contribution in [0.15, 0.2) is 12.3 Å². The van der Waals surface area contributed by atoms with Gasteiger partial charge in [0.2, 0.25) is 0 Å². The smallest absolute Gasteiger partial charge is 0.392 e. The van der Waals surface area contributed by atoms with Crippen LogP contribution in [0.25, 0.3) is 0 Å². The van der Waals surface area contributed by atoms with Crippen LogP contribution in [0.5, 0.6) is 0 Å². The van der Waals surface area contributed by atoms with Crippen molar-refractivity contribution in [1.82, 2.24) is 0 Å². The summed E-state index contributed by atoms with van der Waals surface area (Å²) in [6.45, 7) is 5.04. The van der Waals surface area contributed by atoms with Gasteiger partial charge in [-0.05, 0) is 26.1 Å². The molecule has 0 aromatic carbocycles. The van der Waals surface area contributed by atoms with E-state index in [4.69, 9.17) is 4.43 Å². The third kappa shape index (κ3) is 4.61. The lowest BCUT2D eigenvalue weighted by molar-refractivity contribution is -0.388. The van der Waals surface area contributed by atoms with Gasteiger partial charge in [0.15, 0.2) is 6.17 Å². The molecule has 4 atom stereocenters. The molecule has 0 amide bonds. The predicted octanol–water partition coefficient (Wildman–Crippen LogP) is 5.67. The van der Waals surface area contributed by atoms with Crippen LogP contribution in [0.4, 0.5) is 52.7 Å². The summed E-state index contributed by atoms with van der Waals surface area (Å²) >= 11 is 0. The number of halogens is 12. The SMILES string of the molecule is C=C[Si](C)(OCC)OC(C)C(F)(C(F)C(F)(C(F)(F)F)C(F)(F)F)C(F)(F)F. The van der Waals surface area contributed by atoms with Gasteiger partial charge in [0.05, 0.1) is 6.10 Å². The van der Waals surface area contributed by atoms with Crippen LogP contribution in [0, 0.1) is 0 Å². The van der Waals surface area contributed by atoms with Gasteiger partial charge in [-0.2, -0.15) is 39.5 Å². The van der Waals surface area contributed by atoms with Crippen LogP contribution < -0.4 is 0 Å². The summed E-state index contributed by atoms with van der Waals surface area (Å²) in [4.78, 5) is 0. The van der Waals surface area contributed by atoms with Gasteiger partial charge in [-0.1, -0.05) is 0 Å². The first-order chi connectivity index (χ1) is 12.2. The Labute approximate surface area is 152 Å². The van der Waals surface area contributed by atoms with Crippen LogP contribution in [0.3, 0.4) is 0 Å². The summed E-state index contributed by atoms with van der Waals surface area (Å²) in [6, 6.07) is 0. The lowest BCUT2D eigenvalue weighted by atomic mass is 9.82. The van der Waals surface area contributed by atoms with Crippen molar-refractivity contribution in [1.29, 1.82) is 0 Å². The van der Waals surface area contributed by atoms with E-state index in [1.54, 1.807) is 0 Å². The number of rotatable bonds is 8. The van der Waals surface area contributed by atoms with Gasteiger partial charge in [0.1, 0.15) is 0 Å². The molecule has 0 aliphatic carbocycles. The van der Waals surface area contributed by atoms with Crippen molar-refractivity contribution in [3.05, 3.63) is 12.3 Å². The normalized spacial score (nSPS) is 20.8. The molecule has 2 nitrogen and oxygen atoms in total. The van der Waals surface area contributed by atoms with E-state index < -0.39 is 50.7 Å². The van der Waals surface area contributed by atoms with Crippen molar-refractivity contribution in [2.45, 2.75) is 62.5 Å². The summed E-state index contributed by atoms with van der Waals surface area (Å²) in [6.07, 6.45) is -30.4. The maximum absolute atomic E-state index is 14.6. The van der Waals surface area contributed by atoms with Crippen LogP contribution >= 0.6 is 0 Å².